The first kappa shape index (κ1) is 28.2. The van der Waals surface area contributed by atoms with Crippen LogP contribution in [0.15, 0.2) is 54.9 Å². The average molecular weight is 583 g/mol. The summed E-state index contributed by atoms with van der Waals surface area (Å²) in [4.78, 5) is 18.7. The van der Waals surface area contributed by atoms with Crippen molar-refractivity contribution in [2.75, 3.05) is 81.2 Å². The summed E-state index contributed by atoms with van der Waals surface area (Å²) >= 11 is 0. The first-order valence-electron chi connectivity index (χ1n) is 14.1. The lowest BCUT2D eigenvalue weighted by atomic mass is 10.1. The minimum absolute atomic E-state index is 0.312. The molecule has 42 heavy (non-hydrogen) atoms. The van der Waals surface area contributed by atoms with E-state index in [1.807, 2.05) is 16.7 Å². The Morgan fingerprint density at radius 2 is 1.52 bits per heavy atom. The van der Waals surface area contributed by atoms with Crippen molar-refractivity contribution >= 4 is 34.3 Å². The number of imidazole rings is 1. The molecule has 2 aliphatic heterocycles. The molecule has 2 aromatic carbocycles. The molecule has 4 aromatic rings. The van der Waals surface area contributed by atoms with Gasteiger partial charge in [0.15, 0.2) is 17.0 Å². The maximum atomic E-state index is 13.0. The van der Waals surface area contributed by atoms with E-state index in [4.69, 9.17) is 19.4 Å². The Morgan fingerprint density at radius 3 is 2.21 bits per heavy atom. The van der Waals surface area contributed by atoms with Crippen molar-refractivity contribution in [3.63, 3.8) is 0 Å². The number of ether oxygens (including phenoxy) is 2. The van der Waals surface area contributed by atoms with E-state index in [1.54, 1.807) is 6.33 Å². The number of nitrogens with one attached hydrogen (secondary N) is 2. The molecule has 10 nitrogen and oxygen atoms in total. The van der Waals surface area contributed by atoms with Crippen LogP contribution >= 0.6 is 0 Å². The fourth-order valence-corrected chi connectivity index (χ4v) is 5.10. The van der Waals surface area contributed by atoms with Gasteiger partial charge in [-0.1, -0.05) is 12.1 Å². The fraction of sp³-hybridized carbons (Fsp3) is 0.414. The van der Waals surface area contributed by atoms with Crippen molar-refractivity contribution in [1.82, 2.24) is 24.4 Å². The third-order valence-corrected chi connectivity index (χ3v) is 7.42. The van der Waals surface area contributed by atoms with E-state index in [9.17, 15) is 13.2 Å². The summed E-state index contributed by atoms with van der Waals surface area (Å²) in [6.07, 6.45) is -2.73. The van der Waals surface area contributed by atoms with Crippen molar-refractivity contribution in [2.24, 2.45) is 0 Å². The molecule has 222 valence electrons. The van der Waals surface area contributed by atoms with Crippen LogP contribution in [0.25, 0.3) is 11.2 Å². The minimum atomic E-state index is -4.38. The molecule has 2 aromatic heterocycles. The van der Waals surface area contributed by atoms with Gasteiger partial charge in [-0.15, -0.1) is 0 Å². The van der Waals surface area contributed by atoms with Gasteiger partial charge in [-0.2, -0.15) is 23.1 Å². The second-order valence-electron chi connectivity index (χ2n) is 10.3. The van der Waals surface area contributed by atoms with Crippen molar-refractivity contribution in [1.29, 1.82) is 0 Å². The highest BCUT2D eigenvalue weighted by Crippen LogP contribution is 2.30. The van der Waals surface area contributed by atoms with Gasteiger partial charge in [0.05, 0.1) is 44.9 Å². The van der Waals surface area contributed by atoms with Crippen LogP contribution in [0.5, 0.6) is 0 Å². The van der Waals surface area contributed by atoms with Crippen molar-refractivity contribution in [3.05, 3.63) is 66.0 Å². The number of morpholine rings is 2. The summed E-state index contributed by atoms with van der Waals surface area (Å²) in [6.45, 7) is 8.17. The molecule has 2 N–H and O–H groups in total. The number of benzene rings is 2. The van der Waals surface area contributed by atoms with Crippen LogP contribution < -0.4 is 15.5 Å². The van der Waals surface area contributed by atoms with Crippen LogP contribution in [-0.2, 0) is 22.2 Å². The lowest BCUT2D eigenvalue weighted by molar-refractivity contribution is -0.137. The van der Waals surface area contributed by atoms with Gasteiger partial charge in [-0.25, -0.2) is 4.98 Å². The highest BCUT2D eigenvalue weighted by molar-refractivity contribution is 5.84. The number of hydrogen-bond donors (Lipinski definition) is 2. The number of halogens is 3. The van der Waals surface area contributed by atoms with Gasteiger partial charge < -0.3 is 29.6 Å². The number of alkyl halides is 3. The molecule has 0 bridgehead atoms. The molecule has 0 amide bonds. The molecule has 0 atom stereocenters. The number of fused-ring (bicyclic) bond motifs is 1. The van der Waals surface area contributed by atoms with E-state index >= 15 is 0 Å². The molecule has 0 unspecified atom stereocenters. The maximum Gasteiger partial charge on any atom is 0.416 e. The van der Waals surface area contributed by atoms with Gasteiger partial charge >= 0.3 is 6.18 Å². The molecule has 2 saturated heterocycles. The van der Waals surface area contributed by atoms with Crippen molar-refractivity contribution in [2.45, 2.75) is 12.7 Å². The third-order valence-electron chi connectivity index (χ3n) is 7.42. The van der Waals surface area contributed by atoms with Crippen molar-refractivity contribution < 1.29 is 22.6 Å². The predicted molar refractivity (Wildman–Crippen MR) is 154 cm³/mol. The van der Waals surface area contributed by atoms with Gasteiger partial charge in [-0.3, -0.25) is 4.90 Å². The Hall–Kier alpha value is -3.94. The number of hydrogen-bond acceptors (Lipinski definition) is 9. The lowest BCUT2D eigenvalue weighted by Crippen LogP contribution is -2.39. The van der Waals surface area contributed by atoms with Crippen molar-refractivity contribution in [3.8, 4) is 0 Å². The number of anilines is 4. The zero-order valence-electron chi connectivity index (χ0n) is 23.1. The summed E-state index contributed by atoms with van der Waals surface area (Å²) in [6, 6.07) is 13.2. The van der Waals surface area contributed by atoms with Gasteiger partial charge in [-0.05, 0) is 42.0 Å². The number of nitrogens with zero attached hydrogens (tertiary/aromatic N) is 6. The summed E-state index contributed by atoms with van der Waals surface area (Å²) in [5.74, 6) is 0.983. The Labute approximate surface area is 241 Å². The van der Waals surface area contributed by atoms with Crippen LogP contribution in [0.2, 0.25) is 0 Å². The van der Waals surface area contributed by atoms with Crippen LogP contribution in [0.3, 0.4) is 0 Å². The second-order valence-corrected chi connectivity index (χ2v) is 10.3. The maximum absolute atomic E-state index is 13.0. The molecule has 0 spiro atoms. The molecule has 0 aliphatic carbocycles. The van der Waals surface area contributed by atoms with Gasteiger partial charge in [0.1, 0.15) is 0 Å². The quantitative estimate of drug-likeness (QED) is 0.301. The largest absolute Gasteiger partial charge is 0.416 e. The molecule has 6 rings (SSSR count). The lowest BCUT2D eigenvalue weighted by Gasteiger charge is -2.28. The topological polar surface area (TPSA) is 92.6 Å². The molecular formula is C29H33F3N8O2. The Balaban J connectivity index is 1.24. The molecule has 2 aliphatic rings. The first-order valence-corrected chi connectivity index (χ1v) is 14.1. The molecule has 2 fully saturated rings. The van der Waals surface area contributed by atoms with Crippen LogP contribution in [0.1, 0.15) is 11.1 Å². The summed E-state index contributed by atoms with van der Waals surface area (Å²) in [5.41, 5.74) is 3.15. The van der Waals surface area contributed by atoms with E-state index in [-0.39, 0.29) is 0 Å². The second kappa shape index (κ2) is 12.5. The van der Waals surface area contributed by atoms with Gasteiger partial charge in [0, 0.05) is 50.6 Å². The normalized spacial score (nSPS) is 16.6. The SMILES string of the molecule is FC(F)(F)c1ccc(Cn2cnc3c(NCCN4CCOCC4)nc(Nc4ccc(N5CCOCC5)cc4)nc32)cc1. The highest BCUT2D eigenvalue weighted by atomic mass is 19.4. The molecule has 0 radical (unpaired) electrons. The summed E-state index contributed by atoms with van der Waals surface area (Å²) < 4.78 is 51.9. The van der Waals surface area contributed by atoms with E-state index in [0.29, 0.717) is 41.6 Å². The van der Waals surface area contributed by atoms with E-state index in [0.717, 1.165) is 82.7 Å². The number of aromatic nitrogens is 4. The molecule has 13 heteroatoms. The monoisotopic (exact) mass is 582 g/mol. The summed E-state index contributed by atoms with van der Waals surface area (Å²) in [5, 5.41) is 6.73. The van der Waals surface area contributed by atoms with E-state index in [2.05, 4.69) is 37.6 Å². The average Bonchev–Trinajstić information content (AvgIpc) is 3.41. The first-order chi connectivity index (χ1) is 20.4. The zero-order valence-corrected chi connectivity index (χ0v) is 23.1. The van der Waals surface area contributed by atoms with Gasteiger partial charge in [0.2, 0.25) is 5.95 Å². The highest BCUT2D eigenvalue weighted by Gasteiger charge is 2.30. The molecule has 0 saturated carbocycles. The number of rotatable bonds is 9. The van der Waals surface area contributed by atoms with E-state index < -0.39 is 11.7 Å². The Bertz CT molecular complexity index is 1470. The van der Waals surface area contributed by atoms with Crippen LogP contribution in [0, 0.1) is 0 Å². The Kier molecular flexibility index (Phi) is 8.40. The minimum Gasteiger partial charge on any atom is -0.379 e. The fourth-order valence-electron chi connectivity index (χ4n) is 5.10. The van der Waals surface area contributed by atoms with Gasteiger partial charge in [0.25, 0.3) is 0 Å². The predicted octanol–water partition coefficient (Wildman–Crippen LogP) is 4.22. The molecular weight excluding hydrogens is 549 g/mol. The standard InChI is InChI=1S/C29H33F3N8O2/c30-29(31,32)22-3-1-21(2-4-22)19-40-20-34-25-26(33-9-10-38-11-15-41-16-12-38)36-28(37-27(25)40)35-23-5-7-24(8-6-23)39-13-17-42-18-14-39/h1-8,20H,9-19H2,(H2,33,35,36,37). The third kappa shape index (κ3) is 6.75. The van der Waals surface area contributed by atoms with Crippen LogP contribution in [-0.4, -0.2) is 90.1 Å². The van der Waals surface area contributed by atoms with E-state index in [1.165, 1.54) is 12.1 Å². The van der Waals surface area contributed by atoms with Crippen LogP contribution in [0.4, 0.5) is 36.3 Å². The Morgan fingerprint density at radius 1 is 0.833 bits per heavy atom. The zero-order chi connectivity index (χ0) is 28.9. The smallest absolute Gasteiger partial charge is 0.379 e. The molecule has 4 heterocycles. The summed E-state index contributed by atoms with van der Waals surface area (Å²) in [7, 11) is 0.